The maximum absolute atomic E-state index is 4.27. The summed E-state index contributed by atoms with van der Waals surface area (Å²) in [5, 5.41) is 6.66. The van der Waals surface area contributed by atoms with E-state index in [0.717, 1.165) is 32.1 Å². The van der Waals surface area contributed by atoms with Crippen molar-refractivity contribution in [2.24, 2.45) is 5.92 Å². The average molecular weight is 227 g/mol. The van der Waals surface area contributed by atoms with Crippen LogP contribution in [0.2, 0.25) is 0 Å². The molecule has 0 unspecified atom stereocenters. The van der Waals surface area contributed by atoms with Crippen molar-refractivity contribution >= 4 is 11.3 Å². The first-order valence-corrected chi connectivity index (χ1v) is 6.34. The van der Waals surface area contributed by atoms with Gasteiger partial charge in [-0.25, -0.2) is 4.98 Å². The molecule has 0 aliphatic heterocycles. The third kappa shape index (κ3) is 5.87. The first kappa shape index (κ1) is 12.6. The molecule has 86 valence electrons. The number of hydrogen-bond donors (Lipinski definition) is 1. The van der Waals surface area contributed by atoms with E-state index in [1.165, 1.54) is 5.01 Å². The predicted molar refractivity (Wildman–Crippen MR) is 66.2 cm³/mol. The molecule has 1 heterocycles. The van der Waals surface area contributed by atoms with Gasteiger partial charge in [0.2, 0.25) is 0 Å². The summed E-state index contributed by atoms with van der Waals surface area (Å²) in [4.78, 5) is 6.57. The van der Waals surface area contributed by atoms with Gasteiger partial charge in [-0.2, -0.15) is 0 Å². The van der Waals surface area contributed by atoms with Crippen LogP contribution in [0.5, 0.6) is 0 Å². The molecule has 0 radical (unpaired) electrons. The monoisotopic (exact) mass is 227 g/mol. The highest BCUT2D eigenvalue weighted by Crippen LogP contribution is 2.05. The summed E-state index contributed by atoms with van der Waals surface area (Å²) in [6, 6.07) is 0. The third-order valence-electron chi connectivity index (χ3n) is 2.11. The zero-order chi connectivity index (χ0) is 11.1. The molecule has 0 aliphatic carbocycles. The van der Waals surface area contributed by atoms with Crippen molar-refractivity contribution in [2.75, 3.05) is 26.7 Å². The SMILES string of the molecule is CC(C)CNCCN(C)Cc1nccs1. The summed E-state index contributed by atoms with van der Waals surface area (Å²) in [5.74, 6) is 0.731. The van der Waals surface area contributed by atoms with Crippen LogP contribution in [0.3, 0.4) is 0 Å². The van der Waals surface area contributed by atoms with Crippen molar-refractivity contribution in [1.29, 1.82) is 0 Å². The minimum atomic E-state index is 0.731. The van der Waals surface area contributed by atoms with E-state index in [-0.39, 0.29) is 0 Å². The first-order chi connectivity index (χ1) is 7.18. The van der Waals surface area contributed by atoms with Crippen molar-refractivity contribution in [3.63, 3.8) is 0 Å². The Bertz CT molecular complexity index is 246. The second-order valence-electron chi connectivity index (χ2n) is 4.26. The molecule has 0 bridgehead atoms. The summed E-state index contributed by atoms with van der Waals surface area (Å²) in [5.41, 5.74) is 0. The van der Waals surface area contributed by atoms with Crippen LogP contribution in [0.25, 0.3) is 0 Å². The Morgan fingerprint density at radius 1 is 1.53 bits per heavy atom. The first-order valence-electron chi connectivity index (χ1n) is 5.46. The highest BCUT2D eigenvalue weighted by atomic mass is 32.1. The largest absolute Gasteiger partial charge is 0.315 e. The van der Waals surface area contributed by atoms with Gasteiger partial charge in [0.1, 0.15) is 5.01 Å². The Kier molecular flexibility index (Phi) is 5.83. The van der Waals surface area contributed by atoms with E-state index < -0.39 is 0 Å². The Labute approximate surface area is 96.5 Å². The Hall–Kier alpha value is -0.450. The molecule has 1 aromatic heterocycles. The van der Waals surface area contributed by atoms with Crippen LogP contribution in [0.15, 0.2) is 11.6 Å². The van der Waals surface area contributed by atoms with Crippen molar-refractivity contribution < 1.29 is 0 Å². The number of hydrogen-bond acceptors (Lipinski definition) is 4. The third-order valence-corrected chi connectivity index (χ3v) is 2.88. The Morgan fingerprint density at radius 2 is 2.33 bits per heavy atom. The van der Waals surface area contributed by atoms with E-state index in [9.17, 15) is 0 Å². The van der Waals surface area contributed by atoms with E-state index in [4.69, 9.17) is 0 Å². The van der Waals surface area contributed by atoms with Gasteiger partial charge in [-0.1, -0.05) is 13.8 Å². The number of nitrogens with zero attached hydrogens (tertiary/aromatic N) is 2. The van der Waals surface area contributed by atoms with Crippen molar-refractivity contribution in [3.05, 3.63) is 16.6 Å². The summed E-state index contributed by atoms with van der Waals surface area (Å²) < 4.78 is 0. The smallest absolute Gasteiger partial charge is 0.107 e. The predicted octanol–water partition coefficient (Wildman–Crippen LogP) is 1.82. The molecule has 0 spiro atoms. The van der Waals surface area contributed by atoms with Crippen LogP contribution in [0.4, 0.5) is 0 Å². The summed E-state index contributed by atoms with van der Waals surface area (Å²) >= 11 is 1.72. The lowest BCUT2D eigenvalue weighted by molar-refractivity contribution is 0.321. The second-order valence-corrected chi connectivity index (χ2v) is 5.24. The molecular formula is C11H21N3S. The van der Waals surface area contributed by atoms with Crippen LogP contribution in [0.1, 0.15) is 18.9 Å². The van der Waals surface area contributed by atoms with Crippen LogP contribution in [0, 0.1) is 5.92 Å². The number of rotatable bonds is 7. The van der Waals surface area contributed by atoms with Crippen LogP contribution < -0.4 is 5.32 Å². The van der Waals surface area contributed by atoms with E-state index in [1.54, 1.807) is 11.3 Å². The van der Waals surface area contributed by atoms with Crippen molar-refractivity contribution in [1.82, 2.24) is 15.2 Å². The molecule has 0 amide bonds. The summed E-state index contributed by atoms with van der Waals surface area (Å²) in [6.45, 7) is 8.65. The minimum Gasteiger partial charge on any atom is -0.315 e. The second kappa shape index (κ2) is 6.93. The normalized spacial score (nSPS) is 11.5. The van der Waals surface area contributed by atoms with Gasteiger partial charge in [0.05, 0.1) is 6.54 Å². The van der Waals surface area contributed by atoms with E-state index in [0.29, 0.717) is 0 Å². The Morgan fingerprint density at radius 3 is 2.93 bits per heavy atom. The maximum atomic E-state index is 4.27. The van der Waals surface area contributed by atoms with Crippen LogP contribution in [-0.4, -0.2) is 36.6 Å². The summed E-state index contributed by atoms with van der Waals surface area (Å²) in [7, 11) is 2.14. The Balaban J connectivity index is 2.06. The van der Waals surface area contributed by atoms with Crippen molar-refractivity contribution in [3.8, 4) is 0 Å². The number of thiazole rings is 1. The van der Waals surface area contributed by atoms with Gasteiger partial charge in [-0.05, 0) is 19.5 Å². The molecule has 1 rings (SSSR count). The molecule has 1 N–H and O–H groups in total. The van der Waals surface area contributed by atoms with E-state index >= 15 is 0 Å². The standard InChI is InChI=1S/C11H21N3S/c1-10(2)8-12-4-6-14(3)9-11-13-5-7-15-11/h5,7,10,12H,4,6,8-9H2,1-3H3. The molecule has 4 heteroatoms. The van der Waals surface area contributed by atoms with E-state index in [2.05, 4.69) is 36.1 Å². The van der Waals surface area contributed by atoms with E-state index in [1.807, 2.05) is 11.6 Å². The molecule has 0 fully saturated rings. The molecule has 1 aromatic rings. The van der Waals surface area contributed by atoms with Gasteiger partial charge >= 0.3 is 0 Å². The molecule has 15 heavy (non-hydrogen) atoms. The lowest BCUT2D eigenvalue weighted by Gasteiger charge is -2.15. The number of likely N-dealkylation sites (N-methyl/N-ethyl adjacent to an activating group) is 1. The van der Waals surface area contributed by atoms with Gasteiger partial charge in [-0.3, -0.25) is 4.90 Å². The molecule has 0 aromatic carbocycles. The van der Waals surface area contributed by atoms with Gasteiger partial charge in [0.25, 0.3) is 0 Å². The lowest BCUT2D eigenvalue weighted by atomic mass is 10.2. The van der Waals surface area contributed by atoms with Gasteiger partial charge < -0.3 is 5.32 Å². The van der Waals surface area contributed by atoms with Gasteiger partial charge in [-0.15, -0.1) is 11.3 Å². The zero-order valence-electron chi connectivity index (χ0n) is 9.86. The molecule has 0 aliphatic rings. The highest BCUT2D eigenvalue weighted by Gasteiger charge is 2.01. The quantitative estimate of drug-likeness (QED) is 0.720. The van der Waals surface area contributed by atoms with Crippen molar-refractivity contribution in [2.45, 2.75) is 20.4 Å². The fourth-order valence-electron chi connectivity index (χ4n) is 1.30. The topological polar surface area (TPSA) is 28.2 Å². The number of aromatic nitrogens is 1. The molecular weight excluding hydrogens is 206 g/mol. The van der Waals surface area contributed by atoms with Crippen LogP contribution in [-0.2, 0) is 6.54 Å². The number of nitrogens with one attached hydrogen (secondary N) is 1. The molecule has 3 nitrogen and oxygen atoms in total. The average Bonchev–Trinajstić information content (AvgIpc) is 2.64. The fourth-order valence-corrected chi connectivity index (χ4v) is 2.00. The van der Waals surface area contributed by atoms with Gasteiger partial charge in [0.15, 0.2) is 0 Å². The molecule has 0 saturated carbocycles. The summed E-state index contributed by atoms with van der Waals surface area (Å²) in [6.07, 6.45) is 1.87. The minimum absolute atomic E-state index is 0.731. The lowest BCUT2D eigenvalue weighted by Crippen LogP contribution is -2.30. The fraction of sp³-hybridized carbons (Fsp3) is 0.727. The molecule has 0 atom stereocenters. The molecule has 0 saturated heterocycles. The maximum Gasteiger partial charge on any atom is 0.107 e. The van der Waals surface area contributed by atoms with Gasteiger partial charge in [0, 0.05) is 24.7 Å². The van der Waals surface area contributed by atoms with Crippen LogP contribution >= 0.6 is 11.3 Å². The zero-order valence-corrected chi connectivity index (χ0v) is 10.7. The highest BCUT2D eigenvalue weighted by molar-refractivity contribution is 7.09.